The lowest BCUT2D eigenvalue weighted by atomic mass is 10.2. The number of carbonyl (C=O) groups excluding carboxylic acids is 1. The number of fused-ring (bicyclic) bond motifs is 1. The van der Waals surface area contributed by atoms with Gasteiger partial charge in [0.25, 0.3) is 5.91 Å². The summed E-state index contributed by atoms with van der Waals surface area (Å²) < 4.78 is 13.0. The number of nitrogens with zero attached hydrogens (tertiary/aromatic N) is 1. The molecule has 0 aliphatic rings. The van der Waals surface area contributed by atoms with Gasteiger partial charge in [-0.3, -0.25) is 4.79 Å². The highest BCUT2D eigenvalue weighted by molar-refractivity contribution is 6.33. The number of nitrogens with one attached hydrogen (secondary N) is 2. The third kappa shape index (κ3) is 3.09. The van der Waals surface area contributed by atoms with Crippen LogP contribution in [-0.2, 0) is 6.42 Å². The number of hydrogen-bond acceptors (Lipinski definition) is 2. The summed E-state index contributed by atoms with van der Waals surface area (Å²) in [5.74, 6) is -0.00311. The van der Waals surface area contributed by atoms with Gasteiger partial charge in [-0.2, -0.15) is 0 Å². The average Bonchev–Trinajstić information content (AvgIpc) is 2.89. The molecule has 0 aliphatic heterocycles. The summed E-state index contributed by atoms with van der Waals surface area (Å²) in [5, 5.41) is 2.84. The molecule has 0 saturated heterocycles. The minimum atomic E-state index is -0.469. The Bertz CT molecular complexity index is 798. The molecule has 2 N–H and O–H groups in total. The molecule has 1 amide bonds. The fourth-order valence-electron chi connectivity index (χ4n) is 2.19. The predicted molar refractivity (Wildman–Crippen MR) is 83.5 cm³/mol. The topological polar surface area (TPSA) is 57.8 Å². The number of aromatic amines is 1. The van der Waals surface area contributed by atoms with E-state index in [2.05, 4.69) is 15.3 Å². The number of para-hydroxylation sites is 2. The van der Waals surface area contributed by atoms with Crippen molar-refractivity contribution in [2.75, 3.05) is 6.54 Å². The van der Waals surface area contributed by atoms with Crippen molar-refractivity contribution < 1.29 is 9.18 Å². The first-order valence-electron chi connectivity index (χ1n) is 6.80. The zero-order valence-electron chi connectivity index (χ0n) is 11.6. The van der Waals surface area contributed by atoms with Crippen LogP contribution in [0, 0.1) is 5.82 Å². The monoisotopic (exact) mass is 317 g/mol. The SMILES string of the molecule is O=C(NCCc1nc2ccccc2[nH]1)c1ccc(F)cc1Cl. The Balaban J connectivity index is 1.61. The van der Waals surface area contributed by atoms with Crippen LogP contribution in [0.25, 0.3) is 11.0 Å². The number of hydrogen-bond donors (Lipinski definition) is 2. The zero-order valence-corrected chi connectivity index (χ0v) is 12.3. The number of rotatable bonds is 4. The van der Waals surface area contributed by atoms with Gasteiger partial charge in [-0.15, -0.1) is 0 Å². The standard InChI is InChI=1S/C16H13ClFN3O/c17-12-9-10(18)5-6-11(12)16(22)19-8-7-15-20-13-3-1-2-4-14(13)21-15/h1-6,9H,7-8H2,(H,19,22)(H,20,21). The summed E-state index contributed by atoms with van der Waals surface area (Å²) in [6, 6.07) is 11.4. The molecule has 22 heavy (non-hydrogen) atoms. The summed E-state index contributed by atoms with van der Waals surface area (Å²) >= 11 is 5.85. The summed E-state index contributed by atoms with van der Waals surface area (Å²) in [6.45, 7) is 0.409. The Morgan fingerprint density at radius 1 is 1.27 bits per heavy atom. The van der Waals surface area contributed by atoms with Crippen molar-refractivity contribution in [3.8, 4) is 0 Å². The van der Waals surface area contributed by atoms with Crippen LogP contribution >= 0.6 is 11.6 Å². The van der Waals surface area contributed by atoms with E-state index in [0.717, 1.165) is 22.9 Å². The van der Waals surface area contributed by atoms with Crippen molar-refractivity contribution in [2.24, 2.45) is 0 Å². The second-order valence-electron chi connectivity index (χ2n) is 4.83. The average molecular weight is 318 g/mol. The lowest BCUT2D eigenvalue weighted by Crippen LogP contribution is -2.26. The number of carbonyl (C=O) groups is 1. The molecule has 0 unspecified atom stereocenters. The molecule has 2 aromatic carbocycles. The number of benzene rings is 2. The largest absolute Gasteiger partial charge is 0.352 e. The minimum Gasteiger partial charge on any atom is -0.352 e. The van der Waals surface area contributed by atoms with Crippen LogP contribution in [-0.4, -0.2) is 22.4 Å². The Morgan fingerprint density at radius 3 is 2.86 bits per heavy atom. The summed E-state index contributed by atoms with van der Waals surface area (Å²) in [7, 11) is 0. The molecule has 0 radical (unpaired) electrons. The molecule has 0 saturated carbocycles. The van der Waals surface area contributed by atoms with E-state index in [-0.39, 0.29) is 16.5 Å². The number of halogens is 2. The predicted octanol–water partition coefficient (Wildman–Crippen LogP) is 3.33. The van der Waals surface area contributed by atoms with Crippen molar-refractivity contribution >= 4 is 28.5 Å². The highest BCUT2D eigenvalue weighted by atomic mass is 35.5. The van der Waals surface area contributed by atoms with Crippen LogP contribution in [0.4, 0.5) is 4.39 Å². The van der Waals surface area contributed by atoms with Gasteiger partial charge in [-0.1, -0.05) is 23.7 Å². The number of H-pyrrole nitrogens is 1. The molecule has 112 valence electrons. The van der Waals surface area contributed by atoms with Crippen molar-refractivity contribution in [1.82, 2.24) is 15.3 Å². The van der Waals surface area contributed by atoms with E-state index in [1.54, 1.807) is 0 Å². The van der Waals surface area contributed by atoms with E-state index in [1.807, 2.05) is 24.3 Å². The van der Waals surface area contributed by atoms with Crippen LogP contribution in [0.2, 0.25) is 5.02 Å². The molecule has 4 nitrogen and oxygen atoms in total. The molecule has 0 aliphatic carbocycles. The van der Waals surface area contributed by atoms with E-state index < -0.39 is 5.82 Å². The molecular weight excluding hydrogens is 305 g/mol. The molecule has 6 heteroatoms. The highest BCUT2D eigenvalue weighted by Gasteiger charge is 2.11. The minimum absolute atomic E-state index is 0.0984. The normalized spacial score (nSPS) is 10.8. The van der Waals surface area contributed by atoms with Crippen LogP contribution in [0.15, 0.2) is 42.5 Å². The van der Waals surface area contributed by atoms with Gasteiger partial charge in [-0.05, 0) is 30.3 Å². The molecule has 0 bridgehead atoms. The van der Waals surface area contributed by atoms with E-state index in [0.29, 0.717) is 13.0 Å². The third-order valence-corrected chi connectivity index (χ3v) is 3.57. The smallest absolute Gasteiger partial charge is 0.252 e. The number of amides is 1. The molecule has 3 rings (SSSR count). The zero-order chi connectivity index (χ0) is 15.5. The summed E-state index contributed by atoms with van der Waals surface area (Å²) in [5.41, 5.74) is 2.11. The van der Waals surface area contributed by atoms with Crippen molar-refractivity contribution in [3.63, 3.8) is 0 Å². The maximum absolute atomic E-state index is 13.0. The van der Waals surface area contributed by atoms with Gasteiger partial charge in [0.15, 0.2) is 0 Å². The van der Waals surface area contributed by atoms with Crippen molar-refractivity contribution in [3.05, 3.63) is 64.7 Å². The fraction of sp³-hybridized carbons (Fsp3) is 0.125. The van der Waals surface area contributed by atoms with Gasteiger partial charge in [0.2, 0.25) is 0 Å². The van der Waals surface area contributed by atoms with Gasteiger partial charge >= 0.3 is 0 Å². The Hall–Kier alpha value is -2.40. The third-order valence-electron chi connectivity index (χ3n) is 3.26. The van der Waals surface area contributed by atoms with Gasteiger partial charge in [0.1, 0.15) is 11.6 Å². The molecular formula is C16H13ClFN3O. The first-order chi connectivity index (χ1) is 10.6. The van der Waals surface area contributed by atoms with E-state index in [9.17, 15) is 9.18 Å². The van der Waals surface area contributed by atoms with Crippen molar-refractivity contribution in [1.29, 1.82) is 0 Å². The number of imidazole rings is 1. The molecule has 1 heterocycles. The Morgan fingerprint density at radius 2 is 2.09 bits per heavy atom. The molecule has 1 aromatic heterocycles. The maximum atomic E-state index is 13.0. The first kappa shape index (κ1) is 14.5. The van der Waals surface area contributed by atoms with Gasteiger partial charge in [0.05, 0.1) is 21.6 Å². The van der Waals surface area contributed by atoms with Crippen LogP contribution in [0.3, 0.4) is 0 Å². The summed E-state index contributed by atoms with van der Waals surface area (Å²) in [4.78, 5) is 19.6. The van der Waals surface area contributed by atoms with E-state index >= 15 is 0 Å². The highest BCUT2D eigenvalue weighted by Crippen LogP contribution is 2.17. The Kier molecular flexibility index (Phi) is 4.06. The fourth-order valence-corrected chi connectivity index (χ4v) is 2.44. The van der Waals surface area contributed by atoms with Gasteiger partial charge < -0.3 is 10.3 Å². The quantitative estimate of drug-likeness (QED) is 0.775. The molecule has 3 aromatic rings. The molecule has 0 atom stereocenters. The van der Waals surface area contributed by atoms with Gasteiger partial charge in [-0.25, -0.2) is 9.37 Å². The van der Waals surface area contributed by atoms with E-state index in [1.165, 1.54) is 12.1 Å². The van der Waals surface area contributed by atoms with E-state index in [4.69, 9.17) is 11.6 Å². The Labute approximate surface area is 131 Å². The first-order valence-corrected chi connectivity index (χ1v) is 7.18. The van der Waals surface area contributed by atoms with Crippen molar-refractivity contribution in [2.45, 2.75) is 6.42 Å². The number of aromatic nitrogens is 2. The lowest BCUT2D eigenvalue weighted by Gasteiger charge is -2.05. The maximum Gasteiger partial charge on any atom is 0.252 e. The summed E-state index contributed by atoms with van der Waals surface area (Å²) in [6.07, 6.45) is 0.569. The second kappa shape index (κ2) is 6.15. The van der Waals surface area contributed by atoms with Crippen LogP contribution < -0.4 is 5.32 Å². The van der Waals surface area contributed by atoms with Crippen LogP contribution in [0.1, 0.15) is 16.2 Å². The molecule has 0 fully saturated rings. The second-order valence-corrected chi connectivity index (χ2v) is 5.24. The van der Waals surface area contributed by atoms with Crippen LogP contribution in [0.5, 0.6) is 0 Å². The lowest BCUT2D eigenvalue weighted by molar-refractivity contribution is 0.0954. The molecule has 0 spiro atoms. The van der Waals surface area contributed by atoms with Gasteiger partial charge in [0, 0.05) is 13.0 Å².